The number of methoxy groups -OCH3 is 1. The molecular formula is C30H37FN6O4S. The molecule has 0 spiro atoms. The van der Waals surface area contributed by atoms with Crippen LogP contribution in [0.2, 0.25) is 0 Å². The molecule has 3 aromatic rings. The van der Waals surface area contributed by atoms with Crippen molar-refractivity contribution in [2.24, 2.45) is 0 Å². The molecule has 42 heavy (non-hydrogen) atoms. The Morgan fingerprint density at radius 2 is 2.02 bits per heavy atom. The SMILES string of the molecule is COc1cccc(F)c1-c1cc2nc(OC[C@@H]3CCCN3C)nc(N3CCN(C(=O)OC(C)(C)C)C(CC#N)C3)c2s1. The van der Waals surface area contributed by atoms with Gasteiger partial charge in [0.15, 0.2) is 5.82 Å². The Hall–Kier alpha value is -3.69. The number of thiophene rings is 1. The van der Waals surface area contributed by atoms with Gasteiger partial charge in [-0.15, -0.1) is 11.3 Å². The second kappa shape index (κ2) is 12.3. The molecule has 2 aliphatic heterocycles. The van der Waals surface area contributed by atoms with Crippen LogP contribution in [0.3, 0.4) is 0 Å². The lowest BCUT2D eigenvalue weighted by Crippen LogP contribution is -2.56. The second-order valence-corrected chi connectivity index (χ2v) is 12.7. The number of hydrogen-bond acceptors (Lipinski definition) is 10. The molecule has 12 heteroatoms. The van der Waals surface area contributed by atoms with Crippen molar-refractivity contribution in [3.63, 3.8) is 0 Å². The number of hydrogen-bond donors (Lipinski definition) is 0. The van der Waals surface area contributed by atoms with Crippen LogP contribution in [0.25, 0.3) is 20.7 Å². The van der Waals surface area contributed by atoms with Crippen molar-refractivity contribution < 1.29 is 23.4 Å². The normalized spacial score (nSPS) is 19.6. The largest absolute Gasteiger partial charge is 0.496 e. The van der Waals surface area contributed by atoms with Crippen LogP contribution in [0.5, 0.6) is 11.8 Å². The molecular weight excluding hydrogens is 559 g/mol. The van der Waals surface area contributed by atoms with Gasteiger partial charge in [0.2, 0.25) is 0 Å². The maximum absolute atomic E-state index is 15.1. The number of rotatable bonds is 7. The molecule has 1 amide bonds. The molecule has 0 N–H and O–H groups in total. The summed E-state index contributed by atoms with van der Waals surface area (Å²) < 4.78 is 33.1. The number of aromatic nitrogens is 2. The molecule has 1 aromatic carbocycles. The van der Waals surface area contributed by atoms with Crippen molar-refractivity contribution >= 4 is 33.5 Å². The van der Waals surface area contributed by atoms with Crippen LogP contribution in [0.1, 0.15) is 40.0 Å². The van der Waals surface area contributed by atoms with Gasteiger partial charge in [-0.3, -0.25) is 0 Å². The summed E-state index contributed by atoms with van der Waals surface area (Å²) in [5.74, 6) is 0.668. The van der Waals surface area contributed by atoms with E-state index in [4.69, 9.17) is 24.2 Å². The number of fused-ring (bicyclic) bond motifs is 1. The van der Waals surface area contributed by atoms with Crippen LogP contribution in [0, 0.1) is 17.1 Å². The molecule has 0 aliphatic carbocycles. The first-order chi connectivity index (χ1) is 20.1. The van der Waals surface area contributed by atoms with Crippen LogP contribution >= 0.6 is 11.3 Å². The van der Waals surface area contributed by atoms with E-state index in [-0.39, 0.29) is 18.5 Å². The van der Waals surface area contributed by atoms with E-state index in [2.05, 4.69) is 22.9 Å². The Morgan fingerprint density at radius 1 is 1.21 bits per heavy atom. The van der Waals surface area contributed by atoms with Crippen molar-refractivity contribution in [1.29, 1.82) is 5.26 Å². The third kappa shape index (κ3) is 6.37. The predicted molar refractivity (Wildman–Crippen MR) is 160 cm³/mol. The number of carbonyl (C=O) groups is 1. The zero-order valence-electron chi connectivity index (χ0n) is 24.7. The minimum absolute atomic E-state index is 0.142. The van der Waals surface area contributed by atoms with E-state index in [1.54, 1.807) is 17.0 Å². The number of amides is 1. The number of benzene rings is 1. The van der Waals surface area contributed by atoms with Crippen molar-refractivity contribution in [3.8, 4) is 28.3 Å². The molecule has 2 saturated heterocycles. The number of likely N-dealkylation sites (N-methyl/N-ethyl adjacent to an activating group) is 1. The average Bonchev–Trinajstić information content (AvgIpc) is 3.55. The minimum Gasteiger partial charge on any atom is -0.496 e. The zero-order valence-corrected chi connectivity index (χ0v) is 25.5. The number of carbonyl (C=O) groups excluding carboxylic acids is 1. The highest BCUT2D eigenvalue weighted by molar-refractivity contribution is 7.22. The summed E-state index contributed by atoms with van der Waals surface area (Å²) in [4.78, 5) is 29.2. The summed E-state index contributed by atoms with van der Waals surface area (Å²) in [6.45, 7) is 8.15. The monoisotopic (exact) mass is 596 g/mol. The van der Waals surface area contributed by atoms with E-state index in [0.717, 1.165) is 24.1 Å². The van der Waals surface area contributed by atoms with Crippen molar-refractivity contribution in [2.45, 2.75) is 57.7 Å². The van der Waals surface area contributed by atoms with Crippen LogP contribution in [0.15, 0.2) is 24.3 Å². The summed E-state index contributed by atoms with van der Waals surface area (Å²) in [5.41, 5.74) is 0.345. The molecule has 2 aliphatic rings. The number of nitrogens with zero attached hydrogens (tertiary/aromatic N) is 6. The number of halogens is 1. The molecule has 0 radical (unpaired) electrons. The summed E-state index contributed by atoms with van der Waals surface area (Å²) in [6.07, 6.45) is 1.87. The van der Waals surface area contributed by atoms with Gasteiger partial charge in [0, 0.05) is 30.6 Å². The van der Waals surface area contributed by atoms with Crippen molar-refractivity contribution in [1.82, 2.24) is 19.8 Å². The maximum atomic E-state index is 15.1. The minimum atomic E-state index is -0.648. The van der Waals surface area contributed by atoms with Gasteiger partial charge in [-0.2, -0.15) is 15.2 Å². The zero-order chi connectivity index (χ0) is 30.0. The molecule has 2 aromatic heterocycles. The second-order valence-electron chi connectivity index (χ2n) is 11.7. The average molecular weight is 597 g/mol. The van der Waals surface area contributed by atoms with Gasteiger partial charge in [-0.05, 0) is 65.4 Å². The number of ether oxygens (including phenoxy) is 3. The molecule has 4 heterocycles. The Labute approximate surface area is 249 Å². The fourth-order valence-corrected chi connectivity index (χ4v) is 6.62. The van der Waals surface area contributed by atoms with Gasteiger partial charge in [0.1, 0.15) is 23.8 Å². The molecule has 0 saturated carbocycles. The van der Waals surface area contributed by atoms with Crippen LogP contribution in [-0.4, -0.2) is 90.5 Å². The van der Waals surface area contributed by atoms with E-state index in [1.807, 2.05) is 26.8 Å². The Morgan fingerprint density at radius 3 is 2.71 bits per heavy atom. The molecule has 1 unspecified atom stereocenters. The first-order valence-corrected chi connectivity index (χ1v) is 15.0. The quantitative estimate of drug-likeness (QED) is 0.359. The van der Waals surface area contributed by atoms with Gasteiger partial charge in [0.05, 0.1) is 41.4 Å². The first kappa shape index (κ1) is 29.8. The van der Waals surface area contributed by atoms with Gasteiger partial charge < -0.3 is 28.9 Å². The van der Waals surface area contributed by atoms with Gasteiger partial charge in [-0.25, -0.2) is 9.18 Å². The highest BCUT2D eigenvalue weighted by Gasteiger charge is 2.35. The Balaban J connectivity index is 1.52. The Bertz CT molecular complexity index is 1480. The molecule has 2 fully saturated rings. The molecule has 5 rings (SSSR count). The number of likely N-dealkylation sites (tertiary alicyclic amines) is 1. The third-order valence-electron chi connectivity index (χ3n) is 7.59. The van der Waals surface area contributed by atoms with E-state index in [1.165, 1.54) is 24.5 Å². The lowest BCUT2D eigenvalue weighted by molar-refractivity contribution is 0.0145. The summed E-state index contributed by atoms with van der Waals surface area (Å²) in [6, 6.07) is 8.93. The van der Waals surface area contributed by atoms with Crippen LogP contribution < -0.4 is 14.4 Å². The summed E-state index contributed by atoms with van der Waals surface area (Å²) in [5, 5.41) is 9.58. The lowest BCUT2D eigenvalue weighted by Gasteiger charge is -2.41. The number of anilines is 1. The maximum Gasteiger partial charge on any atom is 0.410 e. The van der Waals surface area contributed by atoms with Crippen molar-refractivity contribution in [2.75, 3.05) is 51.8 Å². The molecule has 10 nitrogen and oxygen atoms in total. The smallest absolute Gasteiger partial charge is 0.410 e. The standard InChI is InChI=1S/C30H37FN6O4S/c1-30(2,3)41-29(38)37-15-14-36(17-19(37)11-12-32)27-26-22(33-28(34-27)40-18-20-8-7-13-35(20)4)16-24(42-26)25-21(31)9-6-10-23(25)39-5/h6,9-10,16,19-20H,7-8,11,13-15,17-18H2,1-5H3/t19?,20-/m0/s1. The highest BCUT2D eigenvalue weighted by atomic mass is 32.1. The van der Waals surface area contributed by atoms with E-state index in [9.17, 15) is 10.1 Å². The van der Waals surface area contributed by atoms with Crippen LogP contribution in [0.4, 0.5) is 15.0 Å². The summed E-state index contributed by atoms with van der Waals surface area (Å²) >= 11 is 1.38. The first-order valence-electron chi connectivity index (χ1n) is 14.2. The predicted octanol–water partition coefficient (Wildman–Crippen LogP) is 5.32. The van der Waals surface area contributed by atoms with E-state index >= 15 is 4.39 Å². The summed E-state index contributed by atoms with van der Waals surface area (Å²) in [7, 11) is 3.60. The number of piperazine rings is 1. The number of nitriles is 1. The Kier molecular flexibility index (Phi) is 8.70. The van der Waals surface area contributed by atoms with Gasteiger partial charge >= 0.3 is 12.1 Å². The van der Waals surface area contributed by atoms with E-state index < -0.39 is 23.6 Å². The topological polar surface area (TPSA) is 104 Å². The van der Waals surface area contributed by atoms with Crippen LogP contribution in [-0.2, 0) is 4.74 Å². The molecule has 0 bridgehead atoms. The highest BCUT2D eigenvalue weighted by Crippen LogP contribution is 2.43. The molecule has 224 valence electrons. The fraction of sp³-hybridized carbons (Fsp3) is 0.533. The van der Waals surface area contributed by atoms with Crippen molar-refractivity contribution in [3.05, 3.63) is 30.1 Å². The van der Waals surface area contributed by atoms with Gasteiger partial charge in [-0.1, -0.05) is 6.07 Å². The molecule has 2 atom stereocenters. The van der Waals surface area contributed by atoms with E-state index in [0.29, 0.717) is 53.8 Å². The van der Waals surface area contributed by atoms with Gasteiger partial charge in [0.25, 0.3) is 0 Å². The fourth-order valence-electron chi connectivity index (χ4n) is 5.46. The third-order valence-corrected chi connectivity index (χ3v) is 8.73. The lowest BCUT2D eigenvalue weighted by atomic mass is 10.1.